The lowest BCUT2D eigenvalue weighted by Crippen LogP contribution is -2.58. The van der Waals surface area contributed by atoms with Gasteiger partial charge in [-0.2, -0.15) is 5.01 Å². The zero-order valence-corrected chi connectivity index (χ0v) is 17.4. The van der Waals surface area contributed by atoms with Crippen molar-refractivity contribution in [3.8, 4) is 5.75 Å². The van der Waals surface area contributed by atoms with E-state index in [0.29, 0.717) is 17.7 Å². The van der Waals surface area contributed by atoms with Crippen LogP contribution in [0.25, 0.3) is 0 Å². The molecule has 3 aliphatic heterocycles. The minimum absolute atomic E-state index is 0.119. The standard InChI is InChI=1S/C23H23F2N3O3/c1-15(29)28-23(31-21(26-28)17-13-16(24)7-8-19(17)25)14-22(9-11-27(2)12-10-22)30-20-6-4-3-5-18(20)23/h3-8,13H,9-12,14H2,1-2H3. The predicted molar refractivity (Wildman–Crippen MR) is 109 cm³/mol. The first-order valence-electron chi connectivity index (χ1n) is 10.3. The van der Waals surface area contributed by atoms with E-state index >= 15 is 0 Å². The molecular formula is C23H23F2N3O3. The van der Waals surface area contributed by atoms with Gasteiger partial charge in [0, 0.05) is 32.9 Å². The molecule has 2 aromatic rings. The fourth-order valence-electron chi connectivity index (χ4n) is 4.75. The van der Waals surface area contributed by atoms with E-state index in [0.717, 1.165) is 44.1 Å². The number of rotatable bonds is 1. The second kappa shape index (κ2) is 7.02. The fourth-order valence-corrected chi connectivity index (χ4v) is 4.75. The molecule has 162 valence electrons. The number of carbonyl (C=O) groups is 1. The molecule has 0 aromatic heterocycles. The van der Waals surface area contributed by atoms with Crippen LogP contribution in [0.3, 0.4) is 0 Å². The molecule has 0 bridgehead atoms. The number of ether oxygens (including phenoxy) is 2. The third-order valence-electron chi connectivity index (χ3n) is 6.35. The van der Waals surface area contributed by atoms with E-state index in [-0.39, 0.29) is 17.4 Å². The lowest BCUT2D eigenvalue weighted by atomic mass is 9.78. The molecule has 3 heterocycles. The fraction of sp³-hybridized carbons (Fsp3) is 0.391. The molecule has 2 spiro atoms. The maximum absolute atomic E-state index is 14.5. The van der Waals surface area contributed by atoms with Crippen LogP contribution in [0, 0.1) is 11.6 Å². The van der Waals surface area contributed by atoms with Crippen molar-refractivity contribution in [2.24, 2.45) is 5.10 Å². The van der Waals surface area contributed by atoms with E-state index in [2.05, 4.69) is 17.0 Å². The van der Waals surface area contributed by atoms with Crippen LogP contribution < -0.4 is 4.74 Å². The van der Waals surface area contributed by atoms with E-state index in [1.807, 2.05) is 24.3 Å². The van der Waals surface area contributed by atoms with Crippen molar-refractivity contribution < 1.29 is 23.0 Å². The highest BCUT2D eigenvalue weighted by Gasteiger charge is 2.59. The van der Waals surface area contributed by atoms with Crippen LogP contribution in [0.2, 0.25) is 0 Å². The first kappa shape index (κ1) is 19.9. The van der Waals surface area contributed by atoms with E-state index < -0.39 is 23.0 Å². The van der Waals surface area contributed by atoms with Crippen LogP contribution in [0.5, 0.6) is 5.75 Å². The average Bonchev–Trinajstić information content (AvgIpc) is 3.12. The highest BCUT2D eigenvalue weighted by Crippen LogP contribution is 2.53. The molecule has 1 saturated heterocycles. The molecule has 31 heavy (non-hydrogen) atoms. The number of benzene rings is 2. The predicted octanol–water partition coefficient (Wildman–Crippen LogP) is 3.61. The summed E-state index contributed by atoms with van der Waals surface area (Å²) in [7, 11) is 2.06. The normalized spacial score (nSPS) is 24.5. The molecule has 0 N–H and O–H groups in total. The summed E-state index contributed by atoms with van der Waals surface area (Å²) in [4.78, 5) is 14.9. The average molecular weight is 427 g/mol. The van der Waals surface area contributed by atoms with Crippen LogP contribution in [0.1, 0.15) is 37.3 Å². The van der Waals surface area contributed by atoms with Gasteiger partial charge >= 0.3 is 0 Å². The van der Waals surface area contributed by atoms with Crippen molar-refractivity contribution in [1.29, 1.82) is 0 Å². The smallest absolute Gasteiger partial charge is 0.244 e. The molecular weight excluding hydrogens is 404 g/mol. The van der Waals surface area contributed by atoms with Gasteiger partial charge in [0.25, 0.3) is 0 Å². The van der Waals surface area contributed by atoms with Crippen molar-refractivity contribution in [3.05, 3.63) is 65.2 Å². The lowest BCUT2D eigenvalue weighted by molar-refractivity contribution is -0.171. The van der Waals surface area contributed by atoms with Gasteiger partial charge in [0.05, 0.1) is 17.5 Å². The van der Waals surface area contributed by atoms with E-state index in [1.165, 1.54) is 11.9 Å². The molecule has 1 fully saturated rings. The third-order valence-corrected chi connectivity index (χ3v) is 6.35. The largest absolute Gasteiger partial charge is 0.486 e. The summed E-state index contributed by atoms with van der Waals surface area (Å²) in [6.45, 7) is 3.06. The Bertz CT molecular complexity index is 1080. The lowest BCUT2D eigenvalue weighted by Gasteiger charge is -2.50. The SMILES string of the molecule is CC(=O)N1N=C(c2cc(F)ccc2F)OC12CC1(CCN(C)CC1)Oc1ccccc12. The third kappa shape index (κ3) is 3.17. The number of hydrogen-bond donors (Lipinski definition) is 0. The van der Waals surface area contributed by atoms with Gasteiger partial charge in [-0.3, -0.25) is 4.79 Å². The molecule has 1 amide bonds. The zero-order valence-electron chi connectivity index (χ0n) is 17.4. The summed E-state index contributed by atoms with van der Waals surface area (Å²) in [5.74, 6) is -1.15. The number of halogens is 2. The maximum Gasteiger partial charge on any atom is 0.244 e. The first-order valence-corrected chi connectivity index (χ1v) is 10.3. The number of carbonyl (C=O) groups excluding carboxylic acids is 1. The Kier molecular flexibility index (Phi) is 4.51. The molecule has 1 atom stereocenters. The number of piperidine rings is 1. The Morgan fingerprint density at radius 1 is 1.10 bits per heavy atom. The van der Waals surface area contributed by atoms with Crippen molar-refractivity contribution in [2.75, 3.05) is 20.1 Å². The van der Waals surface area contributed by atoms with Crippen LogP contribution in [-0.2, 0) is 15.3 Å². The van der Waals surface area contributed by atoms with Crippen molar-refractivity contribution in [1.82, 2.24) is 9.91 Å². The Morgan fingerprint density at radius 2 is 1.84 bits per heavy atom. The maximum atomic E-state index is 14.5. The van der Waals surface area contributed by atoms with E-state index in [9.17, 15) is 13.6 Å². The Balaban J connectivity index is 1.64. The topological polar surface area (TPSA) is 54.4 Å². The molecule has 1 unspecified atom stereocenters. The minimum Gasteiger partial charge on any atom is -0.486 e. The molecule has 0 radical (unpaired) electrons. The van der Waals surface area contributed by atoms with Gasteiger partial charge in [0.1, 0.15) is 23.0 Å². The summed E-state index contributed by atoms with van der Waals surface area (Å²) < 4.78 is 41.2. The number of likely N-dealkylation sites (tertiary alicyclic amines) is 1. The second-order valence-electron chi connectivity index (χ2n) is 8.51. The number of hydrazone groups is 1. The van der Waals surface area contributed by atoms with Crippen LogP contribution in [0.4, 0.5) is 8.78 Å². The number of fused-ring (bicyclic) bond motifs is 2. The molecule has 8 heteroatoms. The van der Waals surface area contributed by atoms with Gasteiger partial charge < -0.3 is 14.4 Å². The van der Waals surface area contributed by atoms with Crippen molar-refractivity contribution >= 4 is 11.8 Å². The van der Waals surface area contributed by atoms with Gasteiger partial charge in [-0.1, -0.05) is 12.1 Å². The molecule has 0 saturated carbocycles. The minimum atomic E-state index is -1.29. The Hall–Kier alpha value is -3.00. The Labute approximate surface area is 179 Å². The molecule has 0 aliphatic carbocycles. The van der Waals surface area contributed by atoms with E-state index in [1.54, 1.807) is 0 Å². The summed E-state index contributed by atoms with van der Waals surface area (Å²) >= 11 is 0. The van der Waals surface area contributed by atoms with Crippen LogP contribution in [0.15, 0.2) is 47.6 Å². The van der Waals surface area contributed by atoms with Gasteiger partial charge in [-0.05, 0) is 37.4 Å². The highest BCUT2D eigenvalue weighted by molar-refractivity contribution is 5.97. The summed E-state index contributed by atoms with van der Waals surface area (Å²) in [6.07, 6.45) is 1.84. The molecule has 3 aliphatic rings. The van der Waals surface area contributed by atoms with Gasteiger partial charge in [-0.15, -0.1) is 5.10 Å². The Morgan fingerprint density at radius 3 is 2.58 bits per heavy atom. The summed E-state index contributed by atoms with van der Waals surface area (Å²) in [5, 5.41) is 5.59. The second-order valence-corrected chi connectivity index (χ2v) is 8.51. The number of amides is 1. The van der Waals surface area contributed by atoms with Crippen LogP contribution in [-0.4, -0.2) is 47.5 Å². The van der Waals surface area contributed by atoms with Gasteiger partial charge in [0.15, 0.2) is 0 Å². The van der Waals surface area contributed by atoms with E-state index in [4.69, 9.17) is 9.47 Å². The molecule has 5 rings (SSSR count). The van der Waals surface area contributed by atoms with Crippen LogP contribution >= 0.6 is 0 Å². The van der Waals surface area contributed by atoms with Gasteiger partial charge in [-0.25, -0.2) is 8.78 Å². The molecule has 6 nitrogen and oxygen atoms in total. The zero-order chi connectivity index (χ0) is 21.8. The van der Waals surface area contributed by atoms with Crippen molar-refractivity contribution in [2.45, 2.75) is 37.5 Å². The first-order chi connectivity index (χ1) is 14.8. The molecule has 2 aromatic carbocycles. The highest BCUT2D eigenvalue weighted by atomic mass is 19.1. The number of hydrogen-bond acceptors (Lipinski definition) is 5. The monoisotopic (exact) mass is 427 g/mol. The number of para-hydroxylation sites is 1. The van der Waals surface area contributed by atoms with Gasteiger partial charge in [0.2, 0.25) is 17.5 Å². The summed E-state index contributed by atoms with van der Waals surface area (Å²) in [5.41, 5.74) is -1.32. The number of nitrogens with zero attached hydrogens (tertiary/aromatic N) is 3. The quantitative estimate of drug-likeness (QED) is 0.698. The summed E-state index contributed by atoms with van der Waals surface area (Å²) in [6, 6.07) is 10.5. The van der Waals surface area contributed by atoms with Crippen molar-refractivity contribution in [3.63, 3.8) is 0 Å².